The molecule has 0 saturated heterocycles. The summed E-state index contributed by atoms with van der Waals surface area (Å²) in [6, 6.07) is 12.0. The van der Waals surface area contributed by atoms with Gasteiger partial charge in [-0.1, -0.05) is 25.5 Å². The van der Waals surface area contributed by atoms with E-state index >= 15 is 0 Å². The van der Waals surface area contributed by atoms with Gasteiger partial charge in [0.15, 0.2) is 5.96 Å². The Hall–Kier alpha value is -2.97. The third-order valence-electron chi connectivity index (χ3n) is 4.03. The molecule has 10 heteroatoms. The highest BCUT2D eigenvalue weighted by atomic mass is 35.5. The molecule has 0 bridgehead atoms. The van der Waals surface area contributed by atoms with Crippen LogP contribution in [0, 0.1) is 10.8 Å². The number of amidine groups is 1. The quantitative estimate of drug-likeness (QED) is 0.148. The van der Waals surface area contributed by atoms with Gasteiger partial charge in [0.2, 0.25) is 0 Å². The minimum Gasteiger partial charge on any atom is -0.425 e. The summed E-state index contributed by atoms with van der Waals surface area (Å²) in [5.74, 6) is -0.205. The Labute approximate surface area is 188 Å². The predicted octanol–water partition coefficient (Wildman–Crippen LogP) is 3.48. The van der Waals surface area contributed by atoms with Crippen molar-refractivity contribution in [1.82, 2.24) is 0 Å². The van der Waals surface area contributed by atoms with E-state index in [2.05, 4.69) is 17.6 Å². The number of ether oxygens (including phenoxy) is 1. The molecule has 0 aliphatic heterocycles. The van der Waals surface area contributed by atoms with Crippen molar-refractivity contribution >= 4 is 54.0 Å². The maximum atomic E-state index is 12.2. The van der Waals surface area contributed by atoms with Crippen LogP contribution in [-0.2, 0) is 11.2 Å². The first-order valence-electron chi connectivity index (χ1n) is 9.02. The summed E-state index contributed by atoms with van der Waals surface area (Å²) in [6.45, 7) is 2.08. The minimum atomic E-state index is -0.443. The molecular formula is C20H28Cl2N6O2. The summed E-state index contributed by atoms with van der Waals surface area (Å²) in [5.41, 5.74) is 14.0. The van der Waals surface area contributed by atoms with Crippen LogP contribution in [-0.4, -0.2) is 24.3 Å². The Balaban J connectivity index is 0.00000420. The lowest BCUT2D eigenvalue weighted by Crippen LogP contribution is -2.22. The number of nitrogen functional groups attached to an aromatic ring is 1. The first kappa shape index (κ1) is 27.0. The van der Waals surface area contributed by atoms with Gasteiger partial charge in [0, 0.05) is 16.9 Å². The Bertz CT molecular complexity index is 859. The maximum absolute atomic E-state index is 12.2. The molecule has 2 aromatic rings. The lowest BCUT2D eigenvalue weighted by atomic mass is 9.99. The van der Waals surface area contributed by atoms with Crippen LogP contribution in [0.5, 0.6) is 5.75 Å². The van der Waals surface area contributed by atoms with Crippen molar-refractivity contribution < 1.29 is 9.53 Å². The highest BCUT2D eigenvalue weighted by Crippen LogP contribution is 2.22. The van der Waals surface area contributed by atoms with Crippen LogP contribution in [0.25, 0.3) is 0 Å². The lowest BCUT2D eigenvalue weighted by molar-refractivity contribution is -0.132. The number of nitrogens with one attached hydrogen (secondary N) is 4. The second-order valence-electron chi connectivity index (χ2n) is 6.24. The van der Waals surface area contributed by atoms with Crippen molar-refractivity contribution in [3.8, 4) is 5.75 Å². The van der Waals surface area contributed by atoms with Crippen molar-refractivity contribution in [2.45, 2.75) is 26.2 Å². The van der Waals surface area contributed by atoms with Crippen molar-refractivity contribution in [2.75, 3.05) is 17.2 Å². The topological polar surface area (TPSA) is 150 Å². The van der Waals surface area contributed by atoms with Gasteiger partial charge in [-0.05, 0) is 48.7 Å². The van der Waals surface area contributed by atoms with E-state index in [0.717, 1.165) is 30.5 Å². The van der Waals surface area contributed by atoms with Gasteiger partial charge in [0.05, 0.1) is 0 Å². The van der Waals surface area contributed by atoms with Gasteiger partial charge in [0.25, 0.3) is 0 Å². The SMILES string of the molecule is CCCCc1c(NCC(=O)Oc2ccc(NC(=N)N)cc2)cccc1C(=N)N.Cl.Cl. The van der Waals surface area contributed by atoms with Gasteiger partial charge >= 0.3 is 5.97 Å². The van der Waals surface area contributed by atoms with Gasteiger partial charge in [-0.15, -0.1) is 24.8 Å². The number of guanidine groups is 1. The number of anilines is 2. The first-order valence-corrected chi connectivity index (χ1v) is 9.02. The van der Waals surface area contributed by atoms with E-state index in [4.69, 9.17) is 27.0 Å². The highest BCUT2D eigenvalue weighted by molar-refractivity contribution is 5.98. The number of hydrogen-bond acceptors (Lipinski definition) is 5. The summed E-state index contributed by atoms with van der Waals surface area (Å²) in [4.78, 5) is 12.2. The molecule has 0 spiro atoms. The molecule has 0 aliphatic rings. The number of unbranched alkanes of at least 4 members (excludes halogenated alkanes) is 1. The summed E-state index contributed by atoms with van der Waals surface area (Å²) >= 11 is 0. The van der Waals surface area contributed by atoms with Crippen molar-refractivity contribution in [2.24, 2.45) is 11.5 Å². The van der Waals surface area contributed by atoms with E-state index in [1.807, 2.05) is 12.1 Å². The Morgan fingerprint density at radius 2 is 1.73 bits per heavy atom. The largest absolute Gasteiger partial charge is 0.425 e. The second-order valence-corrected chi connectivity index (χ2v) is 6.24. The smallest absolute Gasteiger partial charge is 0.330 e. The standard InChI is InChI=1S/C20H26N6O2.2ClH/c1-2-3-5-15-16(19(21)22)6-4-7-17(15)25-12-18(27)28-14-10-8-13(9-11-14)26-20(23)24;;/h4,6-11,25H,2-3,5,12H2,1H3,(H3,21,22)(H4,23,24,26);2*1H. The zero-order valence-electron chi connectivity index (χ0n) is 16.7. The van der Waals surface area contributed by atoms with Crippen molar-refractivity contribution in [3.05, 3.63) is 53.6 Å². The molecule has 2 aromatic carbocycles. The molecule has 8 N–H and O–H groups in total. The van der Waals surface area contributed by atoms with Gasteiger partial charge < -0.3 is 26.8 Å². The number of carbonyl (C=O) groups excluding carboxylic acids is 1. The third-order valence-corrected chi connectivity index (χ3v) is 4.03. The van der Waals surface area contributed by atoms with Crippen molar-refractivity contribution in [1.29, 1.82) is 10.8 Å². The monoisotopic (exact) mass is 454 g/mol. The molecule has 0 radical (unpaired) electrons. The molecule has 0 heterocycles. The molecule has 0 fully saturated rings. The van der Waals surface area contributed by atoms with E-state index in [1.165, 1.54) is 0 Å². The average molecular weight is 455 g/mol. The fourth-order valence-electron chi connectivity index (χ4n) is 2.72. The Kier molecular flexibility index (Phi) is 12.0. The molecule has 8 nitrogen and oxygen atoms in total. The van der Waals surface area contributed by atoms with E-state index in [0.29, 0.717) is 17.0 Å². The molecule has 0 unspecified atom stereocenters. The summed E-state index contributed by atoms with van der Waals surface area (Å²) < 4.78 is 5.31. The Morgan fingerprint density at radius 1 is 1.07 bits per heavy atom. The normalized spacial score (nSPS) is 9.50. The second kappa shape index (κ2) is 13.3. The van der Waals surface area contributed by atoms with Crippen LogP contribution >= 0.6 is 24.8 Å². The molecule has 0 amide bonds. The van der Waals surface area contributed by atoms with Crippen LogP contribution in [0.2, 0.25) is 0 Å². The zero-order valence-corrected chi connectivity index (χ0v) is 18.3. The van der Waals surface area contributed by atoms with Crippen LogP contribution in [0.15, 0.2) is 42.5 Å². The van der Waals surface area contributed by atoms with E-state index in [-0.39, 0.29) is 43.2 Å². The molecular weight excluding hydrogens is 427 g/mol. The maximum Gasteiger partial charge on any atom is 0.330 e. The van der Waals surface area contributed by atoms with Gasteiger partial charge in [-0.25, -0.2) is 4.79 Å². The molecule has 0 aromatic heterocycles. The fourth-order valence-corrected chi connectivity index (χ4v) is 2.72. The van der Waals surface area contributed by atoms with E-state index in [9.17, 15) is 4.79 Å². The first-order chi connectivity index (χ1) is 13.4. The predicted molar refractivity (Wildman–Crippen MR) is 127 cm³/mol. The molecule has 30 heavy (non-hydrogen) atoms. The van der Waals surface area contributed by atoms with Crippen LogP contribution < -0.4 is 26.8 Å². The average Bonchev–Trinajstić information content (AvgIpc) is 2.65. The molecule has 0 atom stereocenters. The number of rotatable bonds is 9. The lowest BCUT2D eigenvalue weighted by Gasteiger charge is -2.15. The molecule has 164 valence electrons. The number of nitrogens with two attached hydrogens (primary N) is 2. The molecule has 0 aliphatic carbocycles. The van der Waals surface area contributed by atoms with Crippen LogP contribution in [0.1, 0.15) is 30.9 Å². The van der Waals surface area contributed by atoms with Gasteiger partial charge in [-0.2, -0.15) is 0 Å². The fraction of sp³-hybridized carbons (Fsp3) is 0.250. The number of hydrogen-bond donors (Lipinski definition) is 6. The van der Waals surface area contributed by atoms with Gasteiger partial charge in [0.1, 0.15) is 18.1 Å². The van der Waals surface area contributed by atoms with E-state index < -0.39 is 5.97 Å². The summed E-state index contributed by atoms with van der Waals surface area (Å²) in [7, 11) is 0. The van der Waals surface area contributed by atoms with Crippen molar-refractivity contribution in [3.63, 3.8) is 0 Å². The summed E-state index contributed by atoms with van der Waals surface area (Å²) in [5, 5.41) is 20.7. The highest BCUT2D eigenvalue weighted by Gasteiger charge is 2.12. The number of halogens is 2. The Morgan fingerprint density at radius 3 is 2.30 bits per heavy atom. The van der Waals surface area contributed by atoms with Crippen LogP contribution in [0.4, 0.5) is 11.4 Å². The number of benzene rings is 2. The third kappa shape index (κ3) is 8.18. The number of esters is 1. The van der Waals surface area contributed by atoms with Gasteiger partial charge in [-0.3, -0.25) is 10.8 Å². The minimum absolute atomic E-state index is 0. The molecule has 2 rings (SSSR count). The van der Waals surface area contributed by atoms with E-state index in [1.54, 1.807) is 30.3 Å². The molecule has 0 saturated carbocycles. The summed E-state index contributed by atoms with van der Waals surface area (Å²) in [6.07, 6.45) is 2.75. The van der Waals surface area contributed by atoms with Crippen LogP contribution in [0.3, 0.4) is 0 Å². The zero-order chi connectivity index (χ0) is 20.5. The number of carbonyl (C=O) groups is 1.